The molecule has 0 saturated heterocycles. The second-order valence-corrected chi connectivity index (χ2v) is 4.65. The van der Waals surface area contributed by atoms with Crippen molar-refractivity contribution in [3.05, 3.63) is 21.9 Å². The highest BCUT2D eigenvalue weighted by atomic mass is 32.1. The molecule has 2 N–H and O–H groups in total. The zero-order valence-corrected chi connectivity index (χ0v) is 8.82. The van der Waals surface area contributed by atoms with Crippen molar-refractivity contribution in [2.24, 2.45) is 11.7 Å². The molecule has 68 valence electrons. The van der Waals surface area contributed by atoms with Crippen molar-refractivity contribution >= 4 is 11.3 Å². The van der Waals surface area contributed by atoms with E-state index in [1.165, 1.54) is 10.4 Å². The van der Waals surface area contributed by atoms with Crippen LogP contribution in [-0.4, -0.2) is 0 Å². The van der Waals surface area contributed by atoms with Crippen molar-refractivity contribution in [2.75, 3.05) is 0 Å². The van der Waals surface area contributed by atoms with Crippen LogP contribution in [0, 0.1) is 12.8 Å². The minimum Gasteiger partial charge on any atom is -0.323 e. The summed E-state index contributed by atoms with van der Waals surface area (Å²) >= 11 is 1.77. The lowest BCUT2D eigenvalue weighted by Crippen LogP contribution is -2.12. The van der Waals surface area contributed by atoms with E-state index in [-0.39, 0.29) is 6.04 Å². The molecule has 1 rings (SSSR count). The summed E-state index contributed by atoms with van der Waals surface area (Å²) in [5.74, 6) is 0.682. The fraction of sp³-hybridized carbons (Fsp3) is 0.600. The van der Waals surface area contributed by atoms with E-state index < -0.39 is 0 Å². The van der Waals surface area contributed by atoms with Crippen molar-refractivity contribution in [1.29, 1.82) is 0 Å². The number of rotatable bonds is 3. The molecule has 0 aromatic carbocycles. The summed E-state index contributed by atoms with van der Waals surface area (Å²) in [6.07, 6.45) is 1.08. The van der Waals surface area contributed by atoms with E-state index in [1.807, 2.05) is 0 Å². The van der Waals surface area contributed by atoms with Crippen molar-refractivity contribution < 1.29 is 0 Å². The molecular formula is C10H17NS. The number of thiophene rings is 1. The molecule has 0 aliphatic carbocycles. The Morgan fingerprint density at radius 3 is 2.58 bits per heavy atom. The highest BCUT2D eigenvalue weighted by Gasteiger charge is 2.11. The molecule has 0 aliphatic heterocycles. The zero-order valence-electron chi connectivity index (χ0n) is 8.00. The monoisotopic (exact) mass is 183 g/mol. The van der Waals surface area contributed by atoms with Gasteiger partial charge in [0, 0.05) is 10.9 Å². The van der Waals surface area contributed by atoms with E-state index in [1.54, 1.807) is 11.3 Å². The Labute approximate surface area is 78.6 Å². The summed E-state index contributed by atoms with van der Waals surface area (Å²) in [7, 11) is 0. The normalized spacial score (nSPS) is 13.8. The van der Waals surface area contributed by atoms with Crippen LogP contribution in [0.3, 0.4) is 0 Å². The minimum absolute atomic E-state index is 0.241. The van der Waals surface area contributed by atoms with E-state index in [4.69, 9.17) is 5.73 Å². The molecule has 0 bridgehead atoms. The maximum atomic E-state index is 6.05. The van der Waals surface area contributed by atoms with Crippen molar-refractivity contribution in [3.8, 4) is 0 Å². The smallest absolute Gasteiger partial charge is 0.0394 e. The summed E-state index contributed by atoms with van der Waals surface area (Å²) < 4.78 is 0. The predicted molar refractivity (Wildman–Crippen MR) is 55.4 cm³/mol. The Hall–Kier alpha value is -0.340. The Morgan fingerprint density at radius 1 is 1.50 bits per heavy atom. The molecule has 0 unspecified atom stereocenters. The number of hydrogen-bond acceptors (Lipinski definition) is 2. The third-order valence-electron chi connectivity index (χ3n) is 1.96. The standard InChI is InChI=1S/C10H17NS/c1-7(2)6-9(11)10-8(3)4-5-12-10/h4-5,7,9H,6,11H2,1-3H3/t9-/m0/s1. The Balaban J connectivity index is 2.65. The van der Waals surface area contributed by atoms with Crippen LogP contribution in [-0.2, 0) is 0 Å². The van der Waals surface area contributed by atoms with Crippen LogP contribution in [0.4, 0.5) is 0 Å². The molecule has 2 heteroatoms. The van der Waals surface area contributed by atoms with Crippen LogP contribution in [0.5, 0.6) is 0 Å². The molecule has 0 radical (unpaired) electrons. The van der Waals surface area contributed by atoms with E-state index in [0.717, 1.165) is 6.42 Å². The zero-order chi connectivity index (χ0) is 9.14. The molecular weight excluding hydrogens is 166 g/mol. The summed E-state index contributed by atoms with van der Waals surface area (Å²) in [6, 6.07) is 2.38. The van der Waals surface area contributed by atoms with Gasteiger partial charge in [-0.1, -0.05) is 13.8 Å². The Bertz CT molecular complexity index is 240. The van der Waals surface area contributed by atoms with E-state index >= 15 is 0 Å². The lowest BCUT2D eigenvalue weighted by atomic mass is 10.0. The molecule has 12 heavy (non-hydrogen) atoms. The highest BCUT2D eigenvalue weighted by molar-refractivity contribution is 7.10. The van der Waals surface area contributed by atoms with Crippen molar-refractivity contribution in [3.63, 3.8) is 0 Å². The first-order valence-corrected chi connectivity index (χ1v) is 5.28. The molecule has 1 aromatic heterocycles. The largest absolute Gasteiger partial charge is 0.323 e. The lowest BCUT2D eigenvalue weighted by molar-refractivity contribution is 0.514. The highest BCUT2D eigenvalue weighted by Crippen LogP contribution is 2.26. The van der Waals surface area contributed by atoms with Gasteiger partial charge in [-0.25, -0.2) is 0 Å². The average molecular weight is 183 g/mol. The van der Waals surface area contributed by atoms with Crippen LogP contribution < -0.4 is 5.73 Å². The molecule has 0 aliphatic rings. The van der Waals surface area contributed by atoms with Gasteiger partial charge in [0.1, 0.15) is 0 Å². The van der Waals surface area contributed by atoms with Crippen LogP contribution >= 0.6 is 11.3 Å². The first-order chi connectivity index (χ1) is 5.61. The van der Waals surface area contributed by atoms with Gasteiger partial charge in [0.2, 0.25) is 0 Å². The van der Waals surface area contributed by atoms with E-state index in [2.05, 4.69) is 32.2 Å². The first kappa shape index (κ1) is 9.75. The molecule has 1 atom stereocenters. The van der Waals surface area contributed by atoms with Gasteiger partial charge in [-0.3, -0.25) is 0 Å². The maximum Gasteiger partial charge on any atom is 0.0394 e. The topological polar surface area (TPSA) is 26.0 Å². The third kappa shape index (κ3) is 2.32. The Kier molecular flexibility index (Phi) is 3.29. The van der Waals surface area contributed by atoms with E-state index in [9.17, 15) is 0 Å². The third-order valence-corrected chi connectivity index (χ3v) is 3.11. The van der Waals surface area contributed by atoms with Gasteiger partial charge in [-0.2, -0.15) is 0 Å². The molecule has 0 amide bonds. The van der Waals surface area contributed by atoms with Crippen LogP contribution in [0.15, 0.2) is 11.4 Å². The van der Waals surface area contributed by atoms with Gasteiger partial charge in [-0.15, -0.1) is 11.3 Å². The van der Waals surface area contributed by atoms with Gasteiger partial charge >= 0.3 is 0 Å². The molecule has 0 saturated carbocycles. The molecule has 0 spiro atoms. The van der Waals surface area contributed by atoms with Gasteiger partial charge in [0.05, 0.1) is 0 Å². The fourth-order valence-electron chi connectivity index (χ4n) is 1.38. The predicted octanol–water partition coefficient (Wildman–Crippen LogP) is 3.10. The number of aryl methyl sites for hydroxylation is 1. The minimum atomic E-state index is 0.241. The average Bonchev–Trinajstić information content (AvgIpc) is 2.33. The maximum absolute atomic E-state index is 6.05. The second kappa shape index (κ2) is 4.06. The summed E-state index contributed by atoms with van der Waals surface area (Å²) in [5.41, 5.74) is 7.39. The second-order valence-electron chi connectivity index (χ2n) is 3.70. The summed E-state index contributed by atoms with van der Waals surface area (Å²) in [4.78, 5) is 1.35. The van der Waals surface area contributed by atoms with Crippen molar-refractivity contribution in [1.82, 2.24) is 0 Å². The van der Waals surface area contributed by atoms with Gasteiger partial charge < -0.3 is 5.73 Å². The van der Waals surface area contributed by atoms with Crippen molar-refractivity contribution in [2.45, 2.75) is 33.2 Å². The molecule has 0 fully saturated rings. The van der Waals surface area contributed by atoms with Gasteiger partial charge in [0.25, 0.3) is 0 Å². The number of nitrogens with two attached hydrogens (primary N) is 1. The van der Waals surface area contributed by atoms with Crippen LogP contribution in [0.2, 0.25) is 0 Å². The first-order valence-electron chi connectivity index (χ1n) is 4.41. The Morgan fingerprint density at radius 2 is 2.17 bits per heavy atom. The SMILES string of the molecule is Cc1ccsc1[C@@H](N)CC(C)C. The summed E-state index contributed by atoms with van der Waals surface area (Å²) in [5, 5.41) is 2.12. The van der Waals surface area contributed by atoms with Crippen LogP contribution in [0.25, 0.3) is 0 Å². The fourth-order valence-corrected chi connectivity index (χ4v) is 2.32. The quantitative estimate of drug-likeness (QED) is 0.765. The summed E-state index contributed by atoms with van der Waals surface area (Å²) in [6.45, 7) is 6.55. The van der Waals surface area contributed by atoms with Gasteiger partial charge in [0.15, 0.2) is 0 Å². The van der Waals surface area contributed by atoms with E-state index in [0.29, 0.717) is 5.92 Å². The molecule has 1 aromatic rings. The number of hydrogen-bond donors (Lipinski definition) is 1. The molecule has 1 nitrogen and oxygen atoms in total. The molecule has 1 heterocycles. The van der Waals surface area contributed by atoms with Gasteiger partial charge in [-0.05, 0) is 36.3 Å². The van der Waals surface area contributed by atoms with Crippen LogP contribution in [0.1, 0.15) is 36.8 Å². The lowest BCUT2D eigenvalue weighted by Gasteiger charge is -2.13.